The number of pyridine rings is 2. The average Bonchev–Trinajstić information content (AvgIpc) is 3.75. The Balaban J connectivity index is 0.000000155. The fourth-order valence-corrected chi connectivity index (χ4v) is 8.74. The first-order valence-corrected chi connectivity index (χ1v) is 22.9. The number of hydrogen-bond acceptors (Lipinski definition) is 15. The number of aromatic carboxylic acids is 1. The number of cyclic esters (lactones) is 2. The number of carboxylic acids is 1. The summed E-state index contributed by atoms with van der Waals surface area (Å²) in [4.78, 5) is 76.2. The third-order valence-electron chi connectivity index (χ3n) is 12.4. The second-order valence-corrected chi connectivity index (χ2v) is 18.2. The van der Waals surface area contributed by atoms with Gasteiger partial charge in [-0.3, -0.25) is 4.79 Å². The zero-order valence-corrected chi connectivity index (χ0v) is 39.3. The number of hydrogen-bond donors (Lipinski definition) is 2. The summed E-state index contributed by atoms with van der Waals surface area (Å²) in [7, 11) is 0. The van der Waals surface area contributed by atoms with E-state index in [0.29, 0.717) is 57.9 Å². The molecule has 17 heteroatoms. The number of carboxylic acid groups (broad SMARTS) is 1. The molecule has 69 heavy (non-hydrogen) atoms. The van der Waals surface area contributed by atoms with E-state index in [1.165, 1.54) is 6.07 Å². The molecule has 0 spiro atoms. The molecule has 2 aromatic carbocycles. The number of likely N-dealkylation sites (tertiary alicyclic amines) is 1. The van der Waals surface area contributed by atoms with Crippen LogP contribution in [-0.2, 0) is 20.7 Å². The average molecular weight is 935 g/mol. The lowest BCUT2D eigenvalue weighted by molar-refractivity contribution is 0.00809. The lowest BCUT2D eigenvalue weighted by atomic mass is 9.97. The van der Waals surface area contributed by atoms with Gasteiger partial charge in [-0.1, -0.05) is 36.4 Å². The Bertz CT molecular complexity index is 2840. The molecule has 0 bridgehead atoms. The minimum atomic E-state index is -0.974. The molecule has 10 rings (SSSR count). The molecule has 17 nitrogen and oxygen atoms in total. The molecule has 6 aromatic rings. The van der Waals surface area contributed by atoms with E-state index >= 15 is 0 Å². The monoisotopic (exact) mass is 934 g/mol. The fraction of sp³-hybridized carbons (Fsp3) is 0.346. The van der Waals surface area contributed by atoms with E-state index in [-0.39, 0.29) is 41.6 Å². The number of fused-ring (bicyclic) bond motifs is 2. The topological polar surface area (TPSA) is 218 Å². The molecule has 4 aliphatic heterocycles. The number of nitrogens with zero attached hydrogens (tertiary/aromatic N) is 7. The molecule has 1 amide bonds. The van der Waals surface area contributed by atoms with Gasteiger partial charge in [0.15, 0.2) is 11.6 Å². The summed E-state index contributed by atoms with van der Waals surface area (Å²) in [6.07, 6.45) is 13.1. The minimum Gasteiger partial charge on any atom is -0.478 e. The zero-order valence-electron chi connectivity index (χ0n) is 39.3. The van der Waals surface area contributed by atoms with E-state index in [4.69, 9.17) is 24.1 Å². The SMILES string of the molecule is C[C@@H]1CC[C@@H](Oc2nccc3c2C(=O)OC3(C)C)CN1.C[C@@H]1CC[C@@H](Oc2nccc3c2C(=O)OC3(C)C)CN1C(=O)c1ccccc1-c1ncccn1.O=C(O)c1ccccc1-c1ncccn1. The van der Waals surface area contributed by atoms with Crippen LogP contribution >= 0.6 is 0 Å². The van der Waals surface area contributed by atoms with Gasteiger partial charge >= 0.3 is 17.9 Å². The molecular formula is C52H54N8O9. The van der Waals surface area contributed by atoms with Crippen molar-refractivity contribution in [3.05, 3.63) is 143 Å². The van der Waals surface area contributed by atoms with Crippen molar-refractivity contribution in [3.8, 4) is 34.5 Å². The number of carbonyl (C=O) groups excluding carboxylic acids is 3. The molecule has 2 saturated heterocycles. The molecule has 4 aromatic heterocycles. The van der Waals surface area contributed by atoms with Crippen LogP contribution in [-0.4, -0.2) is 101 Å². The van der Waals surface area contributed by atoms with Crippen molar-refractivity contribution in [2.45, 2.75) is 103 Å². The number of amides is 1. The Morgan fingerprint density at radius 3 is 1.61 bits per heavy atom. The molecule has 4 atom stereocenters. The van der Waals surface area contributed by atoms with Gasteiger partial charge in [-0.25, -0.2) is 44.3 Å². The highest BCUT2D eigenvalue weighted by Gasteiger charge is 2.43. The van der Waals surface area contributed by atoms with Crippen molar-refractivity contribution >= 4 is 23.8 Å². The third kappa shape index (κ3) is 10.6. The van der Waals surface area contributed by atoms with Gasteiger partial charge in [0.05, 0.1) is 17.7 Å². The summed E-state index contributed by atoms with van der Waals surface area (Å²) in [5, 5.41) is 12.3. The number of esters is 2. The van der Waals surface area contributed by atoms with Gasteiger partial charge in [0.25, 0.3) is 5.91 Å². The summed E-state index contributed by atoms with van der Waals surface area (Å²) in [5.74, 6) is -0.252. The van der Waals surface area contributed by atoms with Gasteiger partial charge in [0.2, 0.25) is 11.8 Å². The standard InChI is InChI=1S/C26H26N4O4.C15H20N2O3.C11H8N2O2/c1-16-9-10-17(33-23-21-20(11-14-29-23)26(2,3)34-25(21)32)15-30(16)24(31)19-8-5-4-7-18(19)22-27-12-6-13-28-22;1-9-4-5-10(8-17-9)19-13-12-11(6-7-16-13)15(2,3)20-14(12)18;14-11(15)9-5-2-1-4-8(9)10-12-6-3-7-13-10/h4-8,11-14,16-17H,9-10,15H2,1-3H3;6-7,9-10,17H,4-5,8H2,1-3H3;1-7H,(H,14,15)/t16-,17-;9-,10-;/m11./s1. The van der Waals surface area contributed by atoms with Crippen LogP contribution < -0.4 is 14.8 Å². The summed E-state index contributed by atoms with van der Waals surface area (Å²) >= 11 is 0. The van der Waals surface area contributed by atoms with E-state index in [2.05, 4.69) is 42.1 Å². The normalized spacial score (nSPS) is 20.6. The van der Waals surface area contributed by atoms with Crippen molar-refractivity contribution < 1.29 is 43.2 Å². The van der Waals surface area contributed by atoms with E-state index in [0.717, 1.165) is 43.4 Å². The number of piperidine rings is 2. The molecule has 0 radical (unpaired) electrons. The zero-order chi connectivity index (χ0) is 48.9. The van der Waals surface area contributed by atoms with Crippen LogP contribution in [0.15, 0.2) is 110 Å². The van der Waals surface area contributed by atoms with E-state index in [1.54, 1.807) is 79.6 Å². The number of benzene rings is 2. The van der Waals surface area contributed by atoms with Crippen molar-refractivity contribution in [2.24, 2.45) is 0 Å². The fourth-order valence-electron chi connectivity index (χ4n) is 8.74. The van der Waals surface area contributed by atoms with Gasteiger partial charge in [-0.15, -0.1) is 0 Å². The molecule has 0 saturated carbocycles. The highest BCUT2D eigenvalue weighted by molar-refractivity contribution is 6.00. The largest absolute Gasteiger partial charge is 0.478 e. The lowest BCUT2D eigenvalue weighted by Gasteiger charge is -2.38. The first kappa shape index (κ1) is 47.8. The lowest BCUT2D eigenvalue weighted by Crippen LogP contribution is -2.49. The number of carbonyl (C=O) groups is 4. The maximum Gasteiger partial charge on any atom is 0.344 e. The Morgan fingerprint density at radius 1 is 0.623 bits per heavy atom. The van der Waals surface area contributed by atoms with Crippen LogP contribution in [0.4, 0.5) is 0 Å². The molecule has 2 fully saturated rings. The van der Waals surface area contributed by atoms with Gasteiger partial charge in [-0.2, -0.15) is 0 Å². The second kappa shape index (κ2) is 20.3. The molecule has 0 aliphatic carbocycles. The number of nitrogens with one attached hydrogen (secondary N) is 1. The van der Waals surface area contributed by atoms with Gasteiger partial charge in [0.1, 0.15) is 34.5 Å². The smallest absolute Gasteiger partial charge is 0.344 e. The molecule has 8 heterocycles. The Labute approximate surface area is 399 Å². The first-order chi connectivity index (χ1) is 33.1. The van der Waals surface area contributed by atoms with Crippen LogP contribution in [0.1, 0.15) is 120 Å². The van der Waals surface area contributed by atoms with Gasteiger partial charge in [-0.05, 0) is 104 Å². The Morgan fingerprint density at radius 2 is 1.10 bits per heavy atom. The summed E-state index contributed by atoms with van der Waals surface area (Å²) < 4.78 is 23.0. The number of ether oxygens (including phenoxy) is 4. The molecule has 4 aliphatic rings. The molecule has 0 unspecified atom stereocenters. The van der Waals surface area contributed by atoms with Crippen LogP contribution in [0.25, 0.3) is 22.8 Å². The predicted molar refractivity (Wildman–Crippen MR) is 253 cm³/mol. The first-order valence-electron chi connectivity index (χ1n) is 22.9. The van der Waals surface area contributed by atoms with Gasteiger partial charge in [0, 0.05) is 78.1 Å². The van der Waals surface area contributed by atoms with E-state index in [1.807, 2.05) is 63.8 Å². The number of rotatable bonds is 8. The maximum atomic E-state index is 13.7. The van der Waals surface area contributed by atoms with Crippen LogP contribution in [0.2, 0.25) is 0 Å². The molecule has 2 N–H and O–H groups in total. The van der Waals surface area contributed by atoms with Crippen LogP contribution in [0, 0.1) is 0 Å². The molecule has 356 valence electrons. The summed E-state index contributed by atoms with van der Waals surface area (Å²) in [6.45, 7) is 12.8. The summed E-state index contributed by atoms with van der Waals surface area (Å²) in [5.41, 5.74) is 3.12. The highest BCUT2D eigenvalue weighted by atomic mass is 16.6. The second-order valence-electron chi connectivity index (χ2n) is 18.2. The Hall–Kier alpha value is -7.66. The van der Waals surface area contributed by atoms with Crippen molar-refractivity contribution in [3.63, 3.8) is 0 Å². The van der Waals surface area contributed by atoms with Crippen molar-refractivity contribution in [1.29, 1.82) is 0 Å². The number of aromatic nitrogens is 6. The highest BCUT2D eigenvalue weighted by Crippen LogP contribution is 2.41. The van der Waals surface area contributed by atoms with E-state index < -0.39 is 23.1 Å². The van der Waals surface area contributed by atoms with Gasteiger partial charge < -0.3 is 34.3 Å². The Kier molecular flexibility index (Phi) is 14.1. The quantitative estimate of drug-likeness (QED) is 0.139. The third-order valence-corrected chi connectivity index (χ3v) is 12.4. The predicted octanol–water partition coefficient (Wildman–Crippen LogP) is 7.86. The molecular weight excluding hydrogens is 881 g/mol. The van der Waals surface area contributed by atoms with Crippen LogP contribution in [0.3, 0.4) is 0 Å². The van der Waals surface area contributed by atoms with Crippen molar-refractivity contribution in [2.75, 3.05) is 13.1 Å². The van der Waals surface area contributed by atoms with Crippen LogP contribution in [0.5, 0.6) is 11.8 Å². The minimum absolute atomic E-state index is 0.0374. The van der Waals surface area contributed by atoms with Crippen molar-refractivity contribution in [1.82, 2.24) is 40.1 Å². The maximum absolute atomic E-state index is 13.7. The van der Waals surface area contributed by atoms with E-state index in [9.17, 15) is 19.2 Å². The summed E-state index contributed by atoms with van der Waals surface area (Å²) in [6, 6.07) is 21.6.